The Morgan fingerprint density at radius 2 is 1.71 bits per heavy atom. The minimum absolute atomic E-state index is 0.119. The fourth-order valence-corrected chi connectivity index (χ4v) is 2.77. The van der Waals surface area contributed by atoms with E-state index in [2.05, 4.69) is 0 Å². The van der Waals surface area contributed by atoms with Gasteiger partial charge in [0.15, 0.2) is 11.6 Å². The van der Waals surface area contributed by atoms with E-state index in [1.807, 2.05) is 24.3 Å². The third-order valence-electron chi connectivity index (χ3n) is 3.46. The van der Waals surface area contributed by atoms with Crippen molar-refractivity contribution in [1.29, 1.82) is 0 Å². The summed E-state index contributed by atoms with van der Waals surface area (Å²) < 4.78 is 19.2. The van der Waals surface area contributed by atoms with Crippen molar-refractivity contribution in [2.24, 2.45) is 5.92 Å². The molecule has 2 aromatic carbocycles. The average molecular weight is 327 g/mol. The Morgan fingerprint density at radius 1 is 1.05 bits per heavy atom. The highest BCUT2D eigenvalue weighted by Gasteiger charge is 2.16. The van der Waals surface area contributed by atoms with Crippen molar-refractivity contribution in [3.63, 3.8) is 0 Å². The molecule has 2 aromatic rings. The van der Waals surface area contributed by atoms with E-state index in [-0.39, 0.29) is 17.5 Å². The lowest BCUT2D eigenvalue weighted by molar-refractivity contribution is 0.382. The van der Waals surface area contributed by atoms with Crippen molar-refractivity contribution < 1.29 is 9.13 Å². The van der Waals surface area contributed by atoms with Crippen LogP contribution in [0.25, 0.3) is 0 Å². The van der Waals surface area contributed by atoms with Gasteiger partial charge < -0.3 is 4.74 Å². The van der Waals surface area contributed by atoms with Gasteiger partial charge in [-0.05, 0) is 42.0 Å². The molecule has 1 unspecified atom stereocenters. The van der Waals surface area contributed by atoms with E-state index in [0.29, 0.717) is 17.9 Å². The molecule has 2 rings (SSSR count). The van der Waals surface area contributed by atoms with Gasteiger partial charge in [0.25, 0.3) is 0 Å². The van der Waals surface area contributed by atoms with Crippen LogP contribution in [0.5, 0.6) is 5.75 Å². The number of rotatable bonds is 6. The zero-order chi connectivity index (χ0) is 15.2. The van der Waals surface area contributed by atoms with E-state index in [4.69, 9.17) is 27.9 Å². The molecule has 112 valence electrons. The van der Waals surface area contributed by atoms with E-state index >= 15 is 0 Å². The van der Waals surface area contributed by atoms with Crippen LogP contribution in [-0.2, 0) is 12.8 Å². The van der Waals surface area contributed by atoms with Crippen LogP contribution in [0.1, 0.15) is 11.1 Å². The summed E-state index contributed by atoms with van der Waals surface area (Å²) in [5.41, 5.74) is 1.65. The lowest BCUT2D eigenvalue weighted by Crippen LogP contribution is -2.12. The maximum atomic E-state index is 14.2. The molecule has 0 aliphatic rings. The number of benzene rings is 2. The van der Waals surface area contributed by atoms with Gasteiger partial charge in [0.1, 0.15) is 0 Å². The second kappa shape index (κ2) is 7.67. The van der Waals surface area contributed by atoms with E-state index < -0.39 is 0 Å². The molecule has 0 fully saturated rings. The molecule has 1 atom stereocenters. The molecular formula is C17H17Cl2FO. The largest absolute Gasteiger partial charge is 0.494 e. The van der Waals surface area contributed by atoms with Crippen molar-refractivity contribution in [3.05, 3.63) is 64.4 Å². The third-order valence-corrected chi connectivity index (χ3v) is 4.26. The van der Waals surface area contributed by atoms with Crippen LogP contribution < -0.4 is 4.74 Å². The normalized spacial score (nSPS) is 12.2. The van der Waals surface area contributed by atoms with Gasteiger partial charge in [-0.15, -0.1) is 11.6 Å². The summed E-state index contributed by atoms with van der Waals surface area (Å²) in [6.45, 7) is 0. The molecule has 0 bridgehead atoms. The van der Waals surface area contributed by atoms with Gasteiger partial charge in [0.05, 0.1) is 7.11 Å². The second-order valence-corrected chi connectivity index (χ2v) is 5.67. The van der Waals surface area contributed by atoms with Gasteiger partial charge in [-0.25, -0.2) is 4.39 Å². The van der Waals surface area contributed by atoms with Crippen molar-refractivity contribution in [3.8, 4) is 5.75 Å². The van der Waals surface area contributed by atoms with Crippen LogP contribution in [0.4, 0.5) is 4.39 Å². The number of methoxy groups -OCH3 is 1. The van der Waals surface area contributed by atoms with Crippen molar-refractivity contribution in [2.75, 3.05) is 13.0 Å². The van der Waals surface area contributed by atoms with Crippen LogP contribution in [0.2, 0.25) is 5.02 Å². The first kappa shape index (κ1) is 16.1. The zero-order valence-electron chi connectivity index (χ0n) is 11.8. The first-order valence-corrected chi connectivity index (χ1v) is 7.67. The molecule has 0 amide bonds. The van der Waals surface area contributed by atoms with Crippen molar-refractivity contribution in [1.82, 2.24) is 0 Å². The van der Waals surface area contributed by atoms with Crippen LogP contribution in [0.15, 0.2) is 42.5 Å². The predicted molar refractivity (Wildman–Crippen MR) is 86.0 cm³/mol. The quantitative estimate of drug-likeness (QED) is 0.669. The highest BCUT2D eigenvalue weighted by atomic mass is 35.5. The molecule has 21 heavy (non-hydrogen) atoms. The number of alkyl halides is 1. The molecule has 0 aliphatic heterocycles. The predicted octanol–water partition coefficient (Wildman–Crippen LogP) is 5.13. The molecular weight excluding hydrogens is 310 g/mol. The Morgan fingerprint density at radius 3 is 2.38 bits per heavy atom. The van der Waals surface area contributed by atoms with Gasteiger partial charge in [-0.2, -0.15) is 0 Å². The fourth-order valence-electron chi connectivity index (χ4n) is 2.34. The van der Waals surface area contributed by atoms with Gasteiger partial charge in [0.2, 0.25) is 0 Å². The SMILES string of the molecule is COc1cccc(CC(CCl)Cc2ccccc2Cl)c1F. The maximum absolute atomic E-state index is 14.2. The Bertz CT molecular complexity index is 601. The summed E-state index contributed by atoms with van der Waals surface area (Å²) in [5, 5.41) is 0.721. The summed E-state index contributed by atoms with van der Waals surface area (Å²) in [6, 6.07) is 12.8. The van der Waals surface area contributed by atoms with Gasteiger partial charge in [0, 0.05) is 10.9 Å². The topological polar surface area (TPSA) is 9.23 Å². The Balaban J connectivity index is 2.15. The molecule has 0 aromatic heterocycles. The van der Waals surface area contributed by atoms with Gasteiger partial charge >= 0.3 is 0 Å². The van der Waals surface area contributed by atoms with E-state index in [9.17, 15) is 4.39 Å². The standard InChI is InChI=1S/C17H17Cl2FO/c1-21-16-8-4-6-14(17(16)20)10-12(11-18)9-13-5-2-3-7-15(13)19/h2-8,12H,9-11H2,1H3. The number of halogens is 3. The molecule has 0 radical (unpaired) electrons. The van der Waals surface area contributed by atoms with Crippen LogP contribution in [0, 0.1) is 11.7 Å². The third kappa shape index (κ3) is 4.12. The van der Waals surface area contributed by atoms with Gasteiger partial charge in [-0.3, -0.25) is 0 Å². The molecule has 0 N–H and O–H groups in total. The first-order chi connectivity index (χ1) is 10.2. The smallest absolute Gasteiger partial charge is 0.168 e. The minimum Gasteiger partial charge on any atom is -0.494 e. The molecule has 0 spiro atoms. The molecule has 0 saturated heterocycles. The minimum atomic E-state index is -0.311. The lowest BCUT2D eigenvalue weighted by Gasteiger charge is -2.16. The summed E-state index contributed by atoms with van der Waals surface area (Å²) in [7, 11) is 1.46. The zero-order valence-corrected chi connectivity index (χ0v) is 13.3. The number of ether oxygens (including phenoxy) is 1. The van der Waals surface area contributed by atoms with Crippen molar-refractivity contribution in [2.45, 2.75) is 12.8 Å². The van der Waals surface area contributed by atoms with Crippen LogP contribution >= 0.6 is 23.2 Å². The molecule has 0 saturated carbocycles. The number of hydrogen-bond donors (Lipinski definition) is 0. The first-order valence-electron chi connectivity index (χ1n) is 6.76. The lowest BCUT2D eigenvalue weighted by atomic mass is 9.93. The molecule has 4 heteroatoms. The Kier molecular flexibility index (Phi) is 5.89. The Labute approximate surface area is 134 Å². The van der Waals surface area contributed by atoms with Crippen molar-refractivity contribution >= 4 is 23.2 Å². The van der Waals surface area contributed by atoms with Gasteiger partial charge in [-0.1, -0.05) is 41.9 Å². The van der Waals surface area contributed by atoms with E-state index in [1.165, 1.54) is 7.11 Å². The fraction of sp³-hybridized carbons (Fsp3) is 0.294. The molecule has 0 heterocycles. The van der Waals surface area contributed by atoms with E-state index in [0.717, 1.165) is 17.0 Å². The highest BCUT2D eigenvalue weighted by Crippen LogP contribution is 2.26. The van der Waals surface area contributed by atoms with E-state index in [1.54, 1.807) is 18.2 Å². The second-order valence-electron chi connectivity index (χ2n) is 4.95. The summed E-state index contributed by atoms with van der Waals surface area (Å²) in [6.07, 6.45) is 1.28. The summed E-state index contributed by atoms with van der Waals surface area (Å²) in [4.78, 5) is 0. The Hall–Kier alpha value is -1.25. The van der Waals surface area contributed by atoms with Crippen LogP contribution in [-0.4, -0.2) is 13.0 Å². The molecule has 0 aliphatic carbocycles. The molecule has 1 nitrogen and oxygen atoms in total. The highest BCUT2D eigenvalue weighted by molar-refractivity contribution is 6.31. The average Bonchev–Trinajstić information content (AvgIpc) is 2.50. The monoisotopic (exact) mass is 326 g/mol. The summed E-state index contributed by atoms with van der Waals surface area (Å²) >= 11 is 12.2. The summed E-state index contributed by atoms with van der Waals surface area (Å²) in [5.74, 6) is 0.517. The maximum Gasteiger partial charge on any atom is 0.168 e. The number of hydrogen-bond acceptors (Lipinski definition) is 1. The van der Waals surface area contributed by atoms with Crippen LogP contribution in [0.3, 0.4) is 0 Å².